The summed E-state index contributed by atoms with van der Waals surface area (Å²) in [6.45, 7) is 1.38. The minimum absolute atomic E-state index is 0.0360. The first-order chi connectivity index (χ1) is 6.81. The van der Waals surface area contributed by atoms with Gasteiger partial charge in [-0.2, -0.15) is 0 Å². The van der Waals surface area contributed by atoms with Gasteiger partial charge in [0, 0.05) is 13.1 Å². The van der Waals surface area contributed by atoms with E-state index < -0.39 is 0 Å². The predicted molar refractivity (Wildman–Crippen MR) is 56.0 cm³/mol. The smallest absolute Gasteiger partial charge is 0.249 e. The molecule has 0 aromatic rings. The van der Waals surface area contributed by atoms with Gasteiger partial charge in [0.25, 0.3) is 0 Å². The highest BCUT2D eigenvalue weighted by molar-refractivity contribution is 8.00. The standard InChI is InChI=1S/C9H16N2O2S/c10-4-7-5-11(8(12)6-13-7)9-2-1-3-14-9/h7,9H,1-6,10H2. The fourth-order valence-electron chi connectivity index (χ4n) is 1.87. The van der Waals surface area contributed by atoms with Crippen LogP contribution in [-0.4, -0.2) is 47.7 Å². The molecule has 2 heterocycles. The van der Waals surface area contributed by atoms with Crippen molar-refractivity contribution in [2.45, 2.75) is 24.3 Å². The van der Waals surface area contributed by atoms with E-state index in [9.17, 15) is 4.79 Å². The number of morpholine rings is 1. The molecule has 0 aliphatic carbocycles. The molecule has 2 saturated heterocycles. The van der Waals surface area contributed by atoms with Gasteiger partial charge in [0.2, 0.25) is 5.91 Å². The summed E-state index contributed by atoms with van der Waals surface area (Å²) < 4.78 is 5.30. The average molecular weight is 216 g/mol. The van der Waals surface area contributed by atoms with Crippen LogP contribution in [0.2, 0.25) is 0 Å². The van der Waals surface area contributed by atoms with Gasteiger partial charge in [-0.1, -0.05) is 0 Å². The first-order valence-corrected chi connectivity index (χ1v) is 6.09. The number of rotatable bonds is 2. The summed E-state index contributed by atoms with van der Waals surface area (Å²) >= 11 is 1.87. The van der Waals surface area contributed by atoms with Gasteiger partial charge < -0.3 is 15.4 Å². The molecule has 0 spiro atoms. The number of nitrogens with two attached hydrogens (primary N) is 1. The Labute approximate surface area is 88.1 Å². The number of ether oxygens (including phenoxy) is 1. The van der Waals surface area contributed by atoms with Crippen LogP contribution in [0.5, 0.6) is 0 Å². The Balaban J connectivity index is 1.96. The summed E-state index contributed by atoms with van der Waals surface area (Å²) in [5.74, 6) is 1.29. The van der Waals surface area contributed by atoms with Gasteiger partial charge in [0.05, 0.1) is 11.5 Å². The zero-order valence-corrected chi connectivity index (χ0v) is 8.96. The van der Waals surface area contributed by atoms with Crippen molar-refractivity contribution >= 4 is 17.7 Å². The number of amides is 1. The highest BCUT2D eigenvalue weighted by Crippen LogP contribution is 2.30. The van der Waals surface area contributed by atoms with E-state index >= 15 is 0 Å². The quantitative estimate of drug-likeness (QED) is 0.707. The average Bonchev–Trinajstić information content (AvgIpc) is 2.71. The lowest BCUT2D eigenvalue weighted by Crippen LogP contribution is -2.51. The fraction of sp³-hybridized carbons (Fsp3) is 0.889. The molecule has 1 amide bonds. The predicted octanol–water partition coefficient (Wildman–Crippen LogP) is 0.0256. The van der Waals surface area contributed by atoms with Gasteiger partial charge in [-0.05, 0) is 18.6 Å². The van der Waals surface area contributed by atoms with Crippen LogP contribution in [0, 0.1) is 0 Å². The third-order valence-electron chi connectivity index (χ3n) is 2.68. The van der Waals surface area contributed by atoms with Crippen molar-refractivity contribution < 1.29 is 9.53 Å². The third-order valence-corrected chi connectivity index (χ3v) is 4.08. The van der Waals surface area contributed by atoms with Crippen LogP contribution >= 0.6 is 11.8 Å². The maximum absolute atomic E-state index is 11.6. The molecule has 2 aliphatic heterocycles. The molecule has 4 nitrogen and oxygen atoms in total. The molecule has 5 heteroatoms. The van der Waals surface area contributed by atoms with Crippen molar-refractivity contribution in [1.82, 2.24) is 4.90 Å². The van der Waals surface area contributed by atoms with E-state index in [-0.39, 0.29) is 18.6 Å². The Morgan fingerprint density at radius 1 is 1.64 bits per heavy atom. The Bertz CT molecular complexity index is 219. The molecule has 2 rings (SSSR count). The highest BCUT2D eigenvalue weighted by Gasteiger charge is 2.32. The molecule has 2 unspecified atom stereocenters. The molecule has 2 fully saturated rings. The van der Waals surface area contributed by atoms with Crippen LogP contribution in [0.4, 0.5) is 0 Å². The van der Waals surface area contributed by atoms with Crippen LogP contribution < -0.4 is 5.73 Å². The summed E-state index contributed by atoms with van der Waals surface area (Å²) in [5.41, 5.74) is 5.54. The molecule has 0 saturated carbocycles. The molecule has 0 bridgehead atoms. The molecule has 14 heavy (non-hydrogen) atoms. The van der Waals surface area contributed by atoms with Crippen LogP contribution in [0.1, 0.15) is 12.8 Å². The highest BCUT2D eigenvalue weighted by atomic mass is 32.2. The Morgan fingerprint density at radius 3 is 3.14 bits per heavy atom. The molecule has 80 valence electrons. The lowest BCUT2D eigenvalue weighted by Gasteiger charge is -2.35. The Morgan fingerprint density at radius 2 is 2.50 bits per heavy atom. The van der Waals surface area contributed by atoms with E-state index in [1.807, 2.05) is 16.7 Å². The molecule has 0 aromatic carbocycles. The normalized spacial score (nSPS) is 33.8. The van der Waals surface area contributed by atoms with Gasteiger partial charge in [-0.3, -0.25) is 4.79 Å². The molecule has 0 aromatic heterocycles. The van der Waals surface area contributed by atoms with Gasteiger partial charge in [0.1, 0.15) is 6.61 Å². The zero-order valence-electron chi connectivity index (χ0n) is 8.15. The summed E-state index contributed by atoms with van der Waals surface area (Å²) in [6.07, 6.45) is 2.37. The zero-order chi connectivity index (χ0) is 9.97. The van der Waals surface area contributed by atoms with Crippen molar-refractivity contribution in [2.75, 3.05) is 25.4 Å². The van der Waals surface area contributed by atoms with Crippen LogP contribution in [0.25, 0.3) is 0 Å². The number of hydrogen-bond acceptors (Lipinski definition) is 4. The molecule has 0 radical (unpaired) electrons. The van der Waals surface area contributed by atoms with Gasteiger partial charge in [-0.15, -0.1) is 11.8 Å². The van der Waals surface area contributed by atoms with E-state index in [0.717, 1.165) is 6.42 Å². The summed E-state index contributed by atoms with van der Waals surface area (Å²) in [7, 11) is 0. The topological polar surface area (TPSA) is 55.6 Å². The van der Waals surface area contributed by atoms with E-state index in [4.69, 9.17) is 10.5 Å². The molecular weight excluding hydrogens is 200 g/mol. The number of carbonyl (C=O) groups is 1. The molecule has 2 N–H and O–H groups in total. The number of hydrogen-bond donors (Lipinski definition) is 1. The molecular formula is C9H16N2O2S. The van der Waals surface area contributed by atoms with E-state index in [2.05, 4.69) is 0 Å². The van der Waals surface area contributed by atoms with Gasteiger partial charge >= 0.3 is 0 Å². The van der Waals surface area contributed by atoms with Crippen LogP contribution in [0.3, 0.4) is 0 Å². The second-order valence-corrected chi connectivity index (χ2v) is 4.97. The van der Waals surface area contributed by atoms with Crippen molar-refractivity contribution in [3.8, 4) is 0 Å². The molecule has 2 atom stereocenters. The first kappa shape index (κ1) is 10.3. The Hall–Kier alpha value is -0.260. The second kappa shape index (κ2) is 4.51. The van der Waals surface area contributed by atoms with E-state index in [1.165, 1.54) is 12.2 Å². The lowest BCUT2D eigenvalue weighted by molar-refractivity contribution is -0.149. The van der Waals surface area contributed by atoms with Crippen LogP contribution in [0.15, 0.2) is 0 Å². The summed E-state index contributed by atoms with van der Waals surface area (Å²) in [6, 6.07) is 0. The number of carbonyl (C=O) groups excluding carboxylic acids is 1. The fourth-order valence-corrected chi connectivity index (χ4v) is 3.20. The van der Waals surface area contributed by atoms with Crippen molar-refractivity contribution in [3.63, 3.8) is 0 Å². The van der Waals surface area contributed by atoms with E-state index in [1.54, 1.807) is 0 Å². The molecule has 2 aliphatic rings. The SMILES string of the molecule is NCC1CN(C2CCCS2)C(=O)CO1. The number of thioether (sulfide) groups is 1. The minimum atomic E-state index is 0.0360. The monoisotopic (exact) mass is 216 g/mol. The minimum Gasteiger partial charge on any atom is -0.365 e. The van der Waals surface area contributed by atoms with Crippen molar-refractivity contribution in [1.29, 1.82) is 0 Å². The van der Waals surface area contributed by atoms with Gasteiger partial charge in [-0.25, -0.2) is 0 Å². The van der Waals surface area contributed by atoms with Crippen LogP contribution in [-0.2, 0) is 9.53 Å². The maximum Gasteiger partial charge on any atom is 0.249 e. The van der Waals surface area contributed by atoms with Crippen molar-refractivity contribution in [3.05, 3.63) is 0 Å². The summed E-state index contributed by atoms with van der Waals surface area (Å²) in [4.78, 5) is 13.5. The largest absolute Gasteiger partial charge is 0.365 e. The Kier molecular flexibility index (Phi) is 3.30. The lowest BCUT2D eigenvalue weighted by atomic mass is 10.2. The van der Waals surface area contributed by atoms with Gasteiger partial charge in [0.15, 0.2) is 0 Å². The first-order valence-electron chi connectivity index (χ1n) is 5.04. The van der Waals surface area contributed by atoms with E-state index in [0.29, 0.717) is 18.5 Å². The maximum atomic E-state index is 11.6. The summed E-state index contributed by atoms with van der Waals surface area (Å²) in [5, 5.41) is 0.375. The number of nitrogens with zero attached hydrogens (tertiary/aromatic N) is 1. The van der Waals surface area contributed by atoms with Crippen molar-refractivity contribution in [2.24, 2.45) is 5.73 Å². The third kappa shape index (κ3) is 2.04. The second-order valence-electron chi connectivity index (χ2n) is 3.68.